The van der Waals surface area contributed by atoms with Crippen molar-refractivity contribution < 1.29 is 9.53 Å². The summed E-state index contributed by atoms with van der Waals surface area (Å²) in [5.74, 6) is 1.14. The SMILES string of the molecule is COc1ccccc1N1CCN(C(=O)C(C)C)C(Cc2ccccc2)C1. The minimum Gasteiger partial charge on any atom is -0.495 e. The first-order valence-corrected chi connectivity index (χ1v) is 9.32. The summed E-state index contributed by atoms with van der Waals surface area (Å²) in [6.07, 6.45) is 0.866. The van der Waals surface area contributed by atoms with Gasteiger partial charge in [0.05, 0.1) is 18.8 Å². The third-order valence-corrected chi connectivity index (χ3v) is 5.00. The van der Waals surface area contributed by atoms with Crippen molar-refractivity contribution in [2.24, 2.45) is 5.92 Å². The zero-order chi connectivity index (χ0) is 18.5. The molecule has 4 nitrogen and oxygen atoms in total. The zero-order valence-electron chi connectivity index (χ0n) is 15.9. The Hall–Kier alpha value is -2.49. The quantitative estimate of drug-likeness (QED) is 0.824. The molecule has 0 aliphatic carbocycles. The standard InChI is InChI=1S/C22H28N2O2/c1-17(2)22(25)24-14-13-23(20-11-7-8-12-21(20)26-3)16-19(24)15-18-9-5-4-6-10-18/h4-12,17,19H,13-16H2,1-3H3. The minimum atomic E-state index is 0.0195. The number of hydrogen-bond acceptors (Lipinski definition) is 3. The average molecular weight is 352 g/mol. The molecule has 0 saturated carbocycles. The Labute approximate surface area is 156 Å². The number of benzene rings is 2. The lowest BCUT2D eigenvalue weighted by molar-refractivity contribution is -0.137. The van der Waals surface area contributed by atoms with E-state index >= 15 is 0 Å². The molecule has 26 heavy (non-hydrogen) atoms. The molecule has 1 saturated heterocycles. The van der Waals surface area contributed by atoms with Gasteiger partial charge in [-0.3, -0.25) is 4.79 Å². The molecule has 0 bridgehead atoms. The van der Waals surface area contributed by atoms with Crippen molar-refractivity contribution in [3.8, 4) is 5.75 Å². The maximum Gasteiger partial charge on any atom is 0.225 e. The monoisotopic (exact) mass is 352 g/mol. The van der Waals surface area contributed by atoms with Gasteiger partial charge in [-0.05, 0) is 24.1 Å². The third-order valence-electron chi connectivity index (χ3n) is 5.00. The highest BCUT2D eigenvalue weighted by molar-refractivity contribution is 5.79. The number of anilines is 1. The van der Waals surface area contributed by atoms with E-state index in [1.165, 1.54) is 5.56 Å². The predicted octanol–water partition coefficient (Wildman–Crippen LogP) is 3.61. The molecule has 1 heterocycles. The number of nitrogens with zero attached hydrogens (tertiary/aromatic N) is 2. The summed E-state index contributed by atoms with van der Waals surface area (Å²) in [6, 6.07) is 18.7. The van der Waals surface area contributed by atoms with E-state index in [0.717, 1.165) is 37.5 Å². The second kappa shape index (κ2) is 8.26. The lowest BCUT2D eigenvalue weighted by Gasteiger charge is -2.43. The van der Waals surface area contributed by atoms with Crippen LogP contribution in [0.2, 0.25) is 0 Å². The van der Waals surface area contributed by atoms with Crippen LogP contribution in [0.1, 0.15) is 19.4 Å². The van der Waals surface area contributed by atoms with Gasteiger partial charge in [0, 0.05) is 25.6 Å². The molecule has 3 rings (SSSR count). The average Bonchev–Trinajstić information content (AvgIpc) is 2.68. The van der Waals surface area contributed by atoms with Crippen LogP contribution in [-0.4, -0.2) is 43.6 Å². The fourth-order valence-electron chi connectivity index (χ4n) is 3.65. The number of carbonyl (C=O) groups is 1. The van der Waals surface area contributed by atoms with Crippen LogP contribution in [0, 0.1) is 5.92 Å². The molecule has 1 aliphatic rings. The van der Waals surface area contributed by atoms with Crippen LogP contribution >= 0.6 is 0 Å². The summed E-state index contributed by atoms with van der Waals surface area (Å²) in [7, 11) is 1.71. The second-order valence-corrected chi connectivity index (χ2v) is 7.15. The van der Waals surface area contributed by atoms with Crippen LogP contribution in [-0.2, 0) is 11.2 Å². The highest BCUT2D eigenvalue weighted by Gasteiger charge is 2.32. The van der Waals surface area contributed by atoms with Gasteiger partial charge in [-0.2, -0.15) is 0 Å². The molecule has 4 heteroatoms. The largest absolute Gasteiger partial charge is 0.495 e. The van der Waals surface area contributed by atoms with E-state index in [1.54, 1.807) is 7.11 Å². The number of piperazine rings is 1. The van der Waals surface area contributed by atoms with Crippen LogP contribution < -0.4 is 9.64 Å². The molecular formula is C22H28N2O2. The molecule has 0 aromatic heterocycles. The first kappa shape index (κ1) is 18.3. The zero-order valence-corrected chi connectivity index (χ0v) is 15.9. The molecule has 1 aliphatic heterocycles. The van der Waals surface area contributed by atoms with Crippen LogP contribution in [0.15, 0.2) is 54.6 Å². The summed E-state index contributed by atoms with van der Waals surface area (Å²) < 4.78 is 5.54. The lowest BCUT2D eigenvalue weighted by atomic mass is 9.99. The topological polar surface area (TPSA) is 32.8 Å². The minimum absolute atomic E-state index is 0.0195. The van der Waals surface area contributed by atoms with Crippen molar-refractivity contribution in [3.05, 3.63) is 60.2 Å². The van der Waals surface area contributed by atoms with Crippen LogP contribution in [0.25, 0.3) is 0 Å². The number of hydrogen-bond donors (Lipinski definition) is 0. The van der Waals surface area contributed by atoms with Gasteiger partial charge < -0.3 is 14.5 Å². The van der Waals surface area contributed by atoms with Crippen LogP contribution in [0.3, 0.4) is 0 Å². The van der Waals surface area contributed by atoms with E-state index in [0.29, 0.717) is 0 Å². The first-order chi connectivity index (χ1) is 12.6. The van der Waals surface area contributed by atoms with E-state index in [4.69, 9.17) is 4.74 Å². The Balaban J connectivity index is 1.84. The first-order valence-electron chi connectivity index (χ1n) is 9.32. The number of para-hydroxylation sites is 2. The van der Waals surface area contributed by atoms with Gasteiger partial charge in [-0.15, -0.1) is 0 Å². The molecule has 1 amide bonds. The van der Waals surface area contributed by atoms with Crippen molar-refractivity contribution >= 4 is 11.6 Å². The Morgan fingerprint density at radius 3 is 2.46 bits per heavy atom. The van der Waals surface area contributed by atoms with Crippen molar-refractivity contribution in [3.63, 3.8) is 0 Å². The highest BCUT2D eigenvalue weighted by atomic mass is 16.5. The van der Waals surface area contributed by atoms with E-state index in [2.05, 4.69) is 40.1 Å². The summed E-state index contributed by atoms with van der Waals surface area (Å²) in [4.78, 5) is 17.2. The Bertz CT molecular complexity index is 730. The smallest absolute Gasteiger partial charge is 0.225 e. The normalized spacial score (nSPS) is 17.5. The van der Waals surface area contributed by atoms with Gasteiger partial charge in [-0.25, -0.2) is 0 Å². The molecule has 0 N–H and O–H groups in total. The lowest BCUT2D eigenvalue weighted by Crippen LogP contribution is -2.57. The summed E-state index contributed by atoms with van der Waals surface area (Å²) in [5.41, 5.74) is 2.37. The summed E-state index contributed by atoms with van der Waals surface area (Å²) in [5, 5.41) is 0. The molecule has 1 atom stereocenters. The van der Waals surface area contributed by atoms with Crippen molar-refractivity contribution in [1.82, 2.24) is 4.90 Å². The molecule has 138 valence electrons. The number of methoxy groups -OCH3 is 1. The third kappa shape index (κ3) is 4.01. The van der Waals surface area contributed by atoms with Gasteiger partial charge >= 0.3 is 0 Å². The molecular weight excluding hydrogens is 324 g/mol. The number of ether oxygens (including phenoxy) is 1. The molecule has 1 fully saturated rings. The Morgan fingerprint density at radius 1 is 1.08 bits per heavy atom. The Kier molecular flexibility index (Phi) is 5.82. The van der Waals surface area contributed by atoms with Gasteiger partial charge in [-0.1, -0.05) is 56.3 Å². The van der Waals surface area contributed by atoms with Gasteiger partial charge in [0.1, 0.15) is 5.75 Å². The highest BCUT2D eigenvalue weighted by Crippen LogP contribution is 2.30. The fourth-order valence-corrected chi connectivity index (χ4v) is 3.65. The Morgan fingerprint density at radius 2 is 1.77 bits per heavy atom. The maximum absolute atomic E-state index is 12.7. The number of amides is 1. The van der Waals surface area contributed by atoms with Crippen LogP contribution in [0.5, 0.6) is 5.75 Å². The molecule has 0 spiro atoms. The van der Waals surface area contributed by atoms with Crippen molar-refractivity contribution in [2.75, 3.05) is 31.6 Å². The predicted molar refractivity (Wildman–Crippen MR) is 106 cm³/mol. The van der Waals surface area contributed by atoms with Gasteiger partial charge in [0.15, 0.2) is 0 Å². The summed E-state index contributed by atoms with van der Waals surface area (Å²) in [6.45, 7) is 6.34. The van der Waals surface area contributed by atoms with E-state index in [9.17, 15) is 4.79 Å². The van der Waals surface area contributed by atoms with E-state index in [1.807, 2.05) is 38.1 Å². The van der Waals surface area contributed by atoms with Crippen LogP contribution in [0.4, 0.5) is 5.69 Å². The fraction of sp³-hybridized carbons (Fsp3) is 0.409. The van der Waals surface area contributed by atoms with E-state index < -0.39 is 0 Å². The molecule has 2 aromatic carbocycles. The molecule has 2 aromatic rings. The van der Waals surface area contributed by atoms with Crippen molar-refractivity contribution in [1.29, 1.82) is 0 Å². The maximum atomic E-state index is 12.7. The van der Waals surface area contributed by atoms with E-state index in [-0.39, 0.29) is 17.9 Å². The van der Waals surface area contributed by atoms with Crippen molar-refractivity contribution in [2.45, 2.75) is 26.3 Å². The summed E-state index contributed by atoms with van der Waals surface area (Å²) >= 11 is 0. The second-order valence-electron chi connectivity index (χ2n) is 7.15. The molecule has 1 unspecified atom stereocenters. The number of rotatable bonds is 5. The van der Waals surface area contributed by atoms with Gasteiger partial charge in [0.2, 0.25) is 5.91 Å². The number of carbonyl (C=O) groups excluding carboxylic acids is 1. The van der Waals surface area contributed by atoms with Gasteiger partial charge in [0.25, 0.3) is 0 Å². The molecule has 0 radical (unpaired) electrons.